The van der Waals surface area contributed by atoms with Crippen molar-refractivity contribution >= 4 is 27.5 Å². The molecule has 2 aliphatic heterocycles. The smallest absolute Gasteiger partial charge is 0.254 e. The zero-order valence-electron chi connectivity index (χ0n) is 24.7. The van der Waals surface area contributed by atoms with Crippen molar-refractivity contribution in [2.75, 3.05) is 30.7 Å². The fraction of sp³-hybridized carbons (Fsp3) is 0.452. The molecule has 230 valence electrons. The highest BCUT2D eigenvalue weighted by Crippen LogP contribution is 2.33. The molecule has 12 heteroatoms. The van der Waals surface area contributed by atoms with Gasteiger partial charge in [0.1, 0.15) is 12.3 Å². The van der Waals surface area contributed by atoms with Gasteiger partial charge >= 0.3 is 0 Å². The summed E-state index contributed by atoms with van der Waals surface area (Å²) in [6.45, 7) is 3.08. The molecular formula is C31H39N5O6S. The van der Waals surface area contributed by atoms with Crippen molar-refractivity contribution in [3.63, 3.8) is 0 Å². The normalized spacial score (nSPS) is 20.1. The molecule has 0 unspecified atom stereocenters. The van der Waals surface area contributed by atoms with Crippen LogP contribution in [0.25, 0.3) is 0 Å². The van der Waals surface area contributed by atoms with Crippen LogP contribution in [0.1, 0.15) is 69.6 Å². The van der Waals surface area contributed by atoms with E-state index in [1.807, 2.05) is 37.3 Å². The number of oxazole rings is 1. The average Bonchev–Trinajstić information content (AvgIpc) is 3.78. The topological polar surface area (TPSA) is 145 Å². The molecule has 2 aromatic carbocycles. The van der Waals surface area contributed by atoms with Crippen molar-refractivity contribution in [2.24, 2.45) is 0 Å². The minimum atomic E-state index is -3.70. The van der Waals surface area contributed by atoms with E-state index in [1.54, 1.807) is 11.2 Å². The number of aliphatic hydroxyl groups is 1. The predicted octanol–water partition coefficient (Wildman–Crippen LogP) is 2.81. The number of nitrogens with one attached hydrogen (secondary N) is 2. The number of likely N-dealkylation sites (tertiary alicyclic amines) is 1. The maximum absolute atomic E-state index is 13.9. The number of hydrogen-bond donors (Lipinski definition) is 3. The quantitative estimate of drug-likeness (QED) is 0.318. The molecule has 0 aliphatic carbocycles. The highest BCUT2D eigenvalue weighted by atomic mass is 32.2. The Balaban J connectivity index is 1.47. The number of amides is 2. The molecule has 2 aliphatic rings. The van der Waals surface area contributed by atoms with Gasteiger partial charge in [0.25, 0.3) is 11.8 Å². The van der Waals surface area contributed by atoms with Crippen molar-refractivity contribution in [1.29, 1.82) is 0 Å². The van der Waals surface area contributed by atoms with Gasteiger partial charge in [-0.25, -0.2) is 13.4 Å². The summed E-state index contributed by atoms with van der Waals surface area (Å²) in [7, 11) is -2.32. The van der Waals surface area contributed by atoms with E-state index in [0.717, 1.165) is 41.9 Å². The van der Waals surface area contributed by atoms with E-state index < -0.39 is 28.1 Å². The van der Waals surface area contributed by atoms with Crippen LogP contribution in [-0.4, -0.2) is 79.8 Å². The van der Waals surface area contributed by atoms with E-state index in [4.69, 9.17) is 4.42 Å². The zero-order valence-corrected chi connectivity index (χ0v) is 25.5. The molecule has 0 spiro atoms. The number of anilines is 1. The van der Waals surface area contributed by atoms with Crippen molar-refractivity contribution in [1.82, 2.24) is 20.5 Å². The van der Waals surface area contributed by atoms with Crippen LogP contribution in [0.3, 0.4) is 0 Å². The van der Waals surface area contributed by atoms with E-state index in [2.05, 4.69) is 15.6 Å². The monoisotopic (exact) mass is 609 g/mol. The third-order valence-electron chi connectivity index (χ3n) is 8.26. The number of nitrogens with zero attached hydrogens (tertiary/aromatic N) is 3. The molecule has 43 heavy (non-hydrogen) atoms. The Morgan fingerprint density at radius 3 is 2.56 bits per heavy atom. The Hall–Kier alpha value is -3.74. The van der Waals surface area contributed by atoms with Crippen molar-refractivity contribution in [3.05, 3.63) is 83.1 Å². The lowest BCUT2D eigenvalue weighted by molar-refractivity contribution is 0.0715. The second-order valence-electron chi connectivity index (χ2n) is 11.4. The SMILES string of the molecule is Cc1coc([C@H]2CCCN2C(=O)c2cc(C(=O)N[C@@H](Cc3ccccc3)[C@H](O)[C@H]3CCCN3)cc(N(C)S(C)(=O)=O)c2)n1. The first kappa shape index (κ1) is 30.7. The van der Waals surface area contributed by atoms with E-state index in [1.165, 1.54) is 25.2 Å². The van der Waals surface area contributed by atoms with Crippen LogP contribution in [0.4, 0.5) is 5.69 Å². The summed E-state index contributed by atoms with van der Waals surface area (Å²) in [5.74, 6) is -0.423. The first-order chi connectivity index (χ1) is 20.5. The number of hydrogen-bond acceptors (Lipinski definition) is 8. The van der Waals surface area contributed by atoms with Crippen LogP contribution in [-0.2, 0) is 16.4 Å². The fourth-order valence-corrected chi connectivity index (χ4v) is 6.35. The highest BCUT2D eigenvalue weighted by Gasteiger charge is 2.35. The molecular weight excluding hydrogens is 570 g/mol. The molecule has 11 nitrogen and oxygen atoms in total. The lowest BCUT2D eigenvalue weighted by atomic mass is 9.95. The molecule has 0 saturated carbocycles. The minimum absolute atomic E-state index is 0.115. The number of sulfonamides is 1. The van der Waals surface area contributed by atoms with Crippen LogP contribution in [0.5, 0.6) is 0 Å². The first-order valence-electron chi connectivity index (χ1n) is 14.6. The number of aliphatic hydroxyl groups excluding tert-OH is 1. The van der Waals surface area contributed by atoms with Gasteiger partial charge in [-0.15, -0.1) is 0 Å². The third kappa shape index (κ3) is 7.09. The summed E-state index contributed by atoms with van der Waals surface area (Å²) in [6, 6.07) is 12.8. The Bertz CT molecular complexity index is 1550. The maximum atomic E-state index is 13.9. The maximum Gasteiger partial charge on any atom is 0.254 e. The molecule has 3 heterocycles. The molecule has 2 fully saturated rings. The molecule has 1 aromatic heterocycles. The van der Waals surface area contributed by atoms with Crippen molar-refractivity contribution < 1.29 is 27.5 Å². The summed E-state index contributed by atoms with van der Waals surface area (Å²) in [4.78, 5) is 33.8. The second-order valence-corrected chi connectivity index (χ2v) is 13.5. The Labute approximate surface area is 252 Å². The third-order valence-corrected chi connectivity index (χ3v) is 9.47. The molecule has 5 rings (SSSR count). The van der Waals surface area contributed by atoms with Gasteiger partial charge in [-0.1, -0.05) is 30.3 Å². The molecule has 0 radical (unpaired) electrons. The van der Waals surface area contributed by atoms with Crippen LogP contribution in [0.2, 0.25) is 0 Å². The summed E-state index contributed by atoms with van der Waals surface area (Å²) in [6.07, 6.45) is 5.29. The first-order valence-corrected chi connectivity index (χ1v) is 16.4. The summed E-state index contributed by atoms with van der Waals surface area (Å²) >= 11 is 0. The Morgan fingerprint density at radius 1 is 1.16 bits per heavy atom. The van der Waals surface area contributed by atoms with Gasteiger partial charge in [0.05, 0.1) is 29.8 Å². The minimum Gasteiger partial charge on any atom is -0.446 e. The number of carbonyl (C=O) groups is 2. The van der Waals surface area contributed by atoms with Gasteiger partial charge in [-0.05, 0) is 69.3 Å². The number of benzene rings is 2. The number of aromatic nitrogens is 1. The van der Waals surface area contributed by atoms with Gasteiger partial charge in [0.15, 0.2) is 0 Å². The number of carbonyl (C=O) groups excluding carboxylic acids is 2. The largest absolute Gasteiger partial charge is 0.446 e. The van der Waals surface area contributed by atoms with E-state index in [0.29, 0.717) is 31.0 Å². The summed E-state index contributed by atoms with van der Waals surface area (Å²) in [5, 5.41) is 17.6. The van der Waals surface area contributed by atoms with E-state index >= 15 is 0 Å². The van der Waals surface area contributed by atoms with Gasteiger partial charge in [0, 0.05) is 30.8 Å². The van der Waals surface area contributed by atoms with Crippen LogP contribution < -0.4 is 14.9 Å². The van der Waals surface area contributed by atoms with E-state index in [9.17, 15) is 23.1 Å². The second kappa shape index (κ2) is 12.9. The van der Waals surface area contributed by atoms with Gasteiger partial charge in [0.2, 0.25) is 15.9 Å². The molecule has 2 saturated heterocycles. The van der Waals surface area contributed by atoms with E-state index in [-0.39, 0.29) is 34.8 Å². The van der Waals surface area contributed by atoms with Gasteiger partial charge in [-0.2, -0.15) is 0 Å². The van der Waals surface area contributed by atoms with Crippen LogP contribution >= 0.6 is 0 Å². The van der Waals surface area contributed by atoms with Crippen molar-refractivity contribution in [3.8, 4) is 0 Å². The predicted molar refractivity (Wildman–Crippen MR) is 162 cm³/mol. The lowest BCUT2D eigenvalue weighted by Gasteiger charge is -2.29. The average molecular weight is 610 g/mol. The lowest BCUT2D eigenvalue weighted by Crippen LogP contribution is -2.52. The molecule has 3 aromatic rings. The van der Waals surface area contributed by atoms with Crippen LogP contribution in [0, 0.1) is 6.92 Å². The van der Waals surface area contributed by atoms with Crippen molar-refractivity contribution in [2.45, 2.75) is 63.3 Å². The zero-order chi connectivity index (χ0) is 30.7. The molecule has 0 bridgehead atoms. The van der Waals surface area contributed by atoms with Gasteiger partial charge in [-0.3, -0.25) is 13.9 Å². The highest BCUT2D eigenvalue weighted by molar-refractivity contribution is 7.92. The standard InChI is InChI=1S/C31H39N5O6S/c1-20-19-42-30(33-20)27-12-8-14-36(27)31(39)23-16-22(17-24(18-23)35(2)43(3,40)41)29(38)34-26(15-21-9-5-4-6-10-21)28(37)25-11-7-13-32-25/h4-6,9-10,16-19,25-28,32,37H,7-8,11-15H2,1-3H3,(H,34,38)/t25-,26+,27-,28-/m1/s1. The number of rotatable bonds is 10. The Morgan fingerprint density at radius 2 is 1.91 bits per heavy atom. The molecule has 2 amide bonds. The van der Waals surface area contributed by atoms with Gasteiger partial charge < -0.3 is 25.1 Å². The Kier molecular flexibility index (Phi) is 9.19. The fourth-order valence-electron chi connectivity index (χ4n) is 5.86. The molecule has 3 N–H and O–H groups in total. The number of aryl methyl sites for hydroxylation is 1. The summed E-state index contributed by atoms with van der Waals surface area (Å²) < 4.78 is 31.6. The molecule has 4 atom stereocenters. The van der Waals surface area contributed by atoms with Crippen LogP contribution in [0.15, 0.2) is 59.2 Å². The summed E-state index contributed by atoms with van der Waals surface area (Å²) in [5.41, 5.74) is 2.13.